The molecule has 3 N–H and O–H groups in total. The number of nitrogens with zero attached hydrogens (tertiary/aromatic N) is 3. The molecule has 4 atom stereocenters. The number of fused-ring (bicyclic) bond motifs is 2. The Morgan fingerprint density at radius 1 is 1.00 bits per heavy atom. The lowest BCUT2D eigenvalue weighted by atomic mass is 10.1. The summed E-state index contributed by atoms with van der Waals surface area (Å²) in [6.07, 6.45) is 11.8. The van der Waals surface area contributed by atoms with Gasteiger partial charge in [-0.15, -0.1) is 0 Å². The van der Waals surface area contributed by atoms with Crippen LogP contribution in [0.15, 0.2) is 35.4 Å². The zero-order valence-electron chi connectivity index (χ0n) is 26.0. The van der Waals surface area contributed by atoms with Crippen molar-refractivity contribution in [3.8, 4) is 5.75 Å². The highest BCUT2D eigenvalue weighted by Crippen LogP contribution is 2.43. The van der Waals surface area contributed by atoms with Gasteiger partial charge in [-0.2, -0.15) is 4.98 Å². The first-order valence-corrected chi connectivity index (χ1v) is 15.9. The smallest absolute Gasteiger partial charge is 0.338 e. The van der Waals surface area contributed by atoms with Crippen molar-refractivity contribution in [1.29, 1.82) is 0 Å². The summed E-state index contributed by atoms with van der Waals surface area (Å²) in [7, 11) is 0. The van der Waals surface area contributed by atoms with Crippen LogP contribution in [-0.2, 0) is 18.9 Å². The fourth-order valence-corrected chi connectivity index (χ4v) is 5.85. The van der Waals surface area contributed by atoms with E-state index in [1.807, 2.05) is 0 Å². The monoisotopic (exact) mass is 611 g/mol. The fraction of sp³-hybridized carbons (Fsp3) is 0.625. The number of imidazole rings is 1. The maximum absolute atomic E-state index is 12.9. The van der Waals surface area contributed by atoms with Crippen LogP contribution in [0.25, 0.3) is 11.2 Å². The molecule has 3 aromatic rings. The molecule has 2 aliphatic rings. The Morgan fingerprint density at radius 3 is 2.36 bits per heavy atom. The molecule has 0 amide bonds. The number of carbonyl (C=O) groups excluding carboxylic acids is 1. The van der Waals surface area contributed by atoms with Crippen molar-refractivity contribution in [3.63, 3.8) is 0 Å². The Kier molecular flexibility index (Phi) is 10.5. The lowest BCUT2D eigenvalue weighted by Gasteiger charge is -2.24. The number of nitrogen functional groups attached to an aromatic ring is 1. The average Bonchev–Trinajstić information content (AvgIpc) is 3.65. The van der Waals surface area contributed by atoms with Crippen molar-refractivity contribution in [2.75, 3.05) is 18.9 Å². The SMILES string of the molecule is CCCCCCCCCCCCOc1ccc(C(=O)OC[C@H]2O[C@@H](n3cnc4c(=O)[nH]c(N)nc43)[C@@H]3OC(C)(C)O[C@@H]32)cc1. The van der Waals surface area contributed by atoms with Gasteiger partial charge >= 0.3 is 5.97 Å². The summed E-state index contributed by atoms with van der Waals surface area (Å²) in [5, 5.41) is 0. The van der Waals surface area contributed by atoms with E-state index in [2.05, 4.69) is 21.9 Å². The van der Waals surface area contributed by atoms with Crippen molar-refractivity contribution in [2.45, 2.75) is 115 Å². The van der Waals surface area contributed by atoms with E-state index in [4.69, 9.17) is 29.4 Å². The largest absolute Gasteiger partial charge is 0.494 e. The summed E-state index contributed by atoms with van der Waals surface area (Å²) in [6.45, 7) is 6.45. The second-order valence-electron chi connectivity index (χ2n) is 12.1. The molecule has 0 saturated carbocycles. The van der Waals surface area contributed by atoms with E-state index in [0.717, 1.165) is 18.6 Å². The van der Waals surface area contributed by atoms with Crippen molar-refractivity contribution < 1.29 is 28.5 Å². The first-order chi connectivity index (χ1) is 21.3. The van der Waals surface area contributed by atoms with Gasteiger partial charge in [-0.1, -0.05) is 64.7 Å². The standard InChI is InChI=1S/C32H45N5O7/c1-4-5-6-7-8-9-10-11-12-13-18-40-22-16-14-21(15-17-22)30(39)41-19-23-25-26(44-32(2,3)43-25)29(42-23)37-20-34-24-27(37)35-31(33)36-28(24)38/h14-17,20,23,25-26,29H,4-13,18-19H2,1-3H3,(H3,33,35,36,38)/t23-,25-,26-,29-/m1/s1. The molecule has 4 heterocycles. The molecule has 44 heavy (non-hydrogen) atoms. The molecule has 0 radical (unpaired) electrons. The van der Waals surface area contributed by atoms with Gasteiger partial charge in [0.15, 0.2) is 23.2 Å². The van der Waals surface area contributed by atoms with Gasteiger partial charge in [0.1, 0.15) is 30.7 Å². The number of carbonyl (C=O) groups is 1. The fourth-order valence-electron chi connectivity index (χ4n) is 5.85. The maximum Gasteiger partial charge on any atom is 0.338 e. The Morgan fingerprint density at radius 2 is 1.66 bits per heavy atom. The zero-order chi connectivity index (χ0) is 31.1. The van der Waals surface area contributed by atoms with Gasteiger partial charge in [0.2, 0.25) is 5.95 Å². The average molecular weight is 612 g/mol. The van der Waals surface area contributed by atoms with Gasteiger partial charge in [0.05, 0.1) is 18.5 Å². The number of aromatic nitrogens is 4. The van der Waals surface area contributed by atoms with Crippen LogP contribution in [0.3, 0.4) is 0 Å². The summed E-state index contributed by atoms with van der Waals surface area (Å²) in [6, 6.07) is 6.96. The lowest BCUT2D eigenvalue weighted by Crippen LogP contribution is -2.33. The van der Waals surface area contributed by atoms with Crippen LogP contribution in [0.4, 0.5) is 5.95 Å². The van der Waals surface area contributed by atoms with Crippen LogP contribution >= 0.6 is 0 Å². The second-order valence-corrected chi connectivity index (χ2v) is 12.1. The summed E-state index contributed by atoms with van der Waals surface area (Å²) < 4.78 is 31.6. The van der Waals surface area contributed by atoms with Crippen LogP contribution in [0, 0.1) is 0 Å². The molecule has 2 aromatic heterocycles. The minimum Gasteiger partial charge on any atom is -0.494 e. The van der Waals surface area contributed by atoms with E-state index in [1.54, 1.807) is 42.7 Å². The van der Waals surface area contributed by atoms with Crippen LogP contribution in [0.2, 0.25) is 0 Å². The second kappa shape index (κ2) is 14.5. The Hall–Kier alpha value is -3.48. The normalized spacial score (nSPS) is 22.3. The van der Waals surface area contributed by atoms with Crippen molar-refractivity contribution >= 4 is 23.1 Å². The summed E-state index contributed by atoms with van der Waals surface area (Å²) in [5.41, 5.74) is 6.11. The molecule has 5 rings (SSSR count). The molecule has 0 aliphatic carbocycles. The van der Waals surface area contributed by atoms with E-state index in [9.17, 15) is 9.59 Å². The molecule has 0 spiro atoms. The molecule has 0 unspecified atom stereocenters. The Balaban J connectivity index is 1.09. The topological polar surface area (TPSA) is 153 Å². The first-order valence-electron chi connectivity index (χ1n) is 15.9. The molecular weight excluding hydrogens is 566 g/mol. The van der Waals surface area contributed by atoms with Crippen LogP contribution in [0.5, 0.6) is 5.75 Å². The number of anilines is 1. The minimum absolute atomic E-state index is 0.0385. The van der Waals surface area contributed by atoms with E-state index < -0.39 is 41.9 Å². The third kappa shape index (κ3) is 7.77. The highest BCUT2D eigenvalue weighted by molar-refractivity contribution is 5.89. The number of esters is 1. The van der Waals surface area contributed by atoms with Crippen LogP contribution in [0.1, 0.15) is 102 Å². The summed E-state index contributed by atoms with van der Waals surface area (Å²) in [4.78, 5) is 36.0. The van der Waals surface area contributed by atoms with Crippen LogP contribution < -0.4 is 16.0 Å². The number of nitrogens with one attached hydrogen (secondary N) is 1. The summed E-state index contributed by atoms with van der Waals surface area (Å²) >= 11 is 0. The molecule has 12 heteroatoms. The number of benzene rings is 1. The number of rotatable bonds is 16. The van der Waals surface area contributed by atoms with Gasteiger partial charge < -0.3 is 29.4 Å². The minimum atomic E-state index is -0.885. The molecule has 2 aliphatic heterocycles. The first kappa shape index (κ1) is 31.9. The molecule has 12 nitrogen and oxygen atoms in total. The van der Waals surface area contributed by atoms with Crippen molar-refractivity contribution in [2.24, 2.45) is 0 Å². The molecule has 1 aromatic carbocycles. The molecule has 0 bridgehead atoms. The lowest BCUT2D eigenvalue weighted by molar-refractivity contribution is -0.199. The van der Waals surface area contributed by atoms with Gasteiger partial charge in [-0.3, -0.25) is 14.3 Å². The molecule has 2 fully saturated rings. The van der Waals surface area contributed by atoms with Crippen LogP contribution in [-0.4, -0.2) is 62.8 Å². The third-order valence-electron chi connectivity index (χ3n) is 8.09. The van der Waals surface area contributed by atoms with E-state index in [1.165, 1.54) is 57.7 Å². The number of H-pyrrole nitrogens is 1. The number of nitrogens with two attached hydrogens (primary N) is 1. The Labute approximate surface area is 257 Å². The van der Waals surface area contributed by atoms with Crippen molar-refractivity contribution in [1.82, 2.24) is 19.5 Å². The quantitative estimate of drug-likeness (QED) is 0.162. The highest BCUT2D eigenvalue weighted by Gasteiger charge is 2.56. The number of aromatic amines is 1. The molecule has 2 saturated heterocycles. The molecule has 240 valence electrons. The summed E-state index contributed by atoms with van der Waals surface area (Å²) in [5.74, 6) is -0.684. The maximum atomic E-state index is 12.9. The number of hydrogen-bond donors (Lipinski definition) is 2. The highest BCUT2D eigenvalue weighted by atomic mass is 16.8. The van der Waals surface area contributed by atoms with Gasteiger partial charge in [-0.25, -0.2) is 9.78 Å². The van der Waals surface area contributed by atoms with Crippen molar-refractivity contribution in [3.05, 3.63) is 46.5 Å². The number of ether oxygens (including phenoxy) is 5. The van der Waals surface area contributed by atoms with Gasteiger partial charge in [0, 0.05) is 0 Å². The van der Waals surface area contributed by atoms with E-state index in [-0.39, 0.29) is 23.7 Å². The third-order valence-corrected chi connectivity index (χ3v) is 8.09. The van der Waals surface area contributed by atoms with Gasteiger partial charge in [-0.05, 0) is 44.5 Å². The van der Waals surface area contributed by atoms with E-state index >= 15 is 0 Å². The van der Waals surface area contributed by atoms with E-state index in [0.29, 0.717) is 12.2 Å². The zero-order valence-corrected chi connectivity index (χ0v) is 26.0. The predicted octanol–water partition coefficient (Wildman–Crippen LogP) is 5.28. The number of unbranched alkanes of at least 4 members (excludes halogenated alkanes) is 9. The molecular formula is C32H45N5O7. The van der Waals surface area contributed by atoms with Gasteiger partial charge in [0.25, 0.3) is 5.56 Å². The Bertz CT molecular complexity index is 1440. The number of hydrogen-bond acceptors (Lipinski definition) is 10. The predicted molar refractivity (Wildman–Crippen MR) is 164 cm³/mol.